The molecule has 0 saturated carbocycles. The maximum atomic E-state index is 13.6. The van der Waals surface area contributed by atoms with Crippen molar-refractivity contribution in [3.05, 3.63) is 65.5 Å². The standard InChI is InChI=1S/C16H13F2N3O/c1-21-14-5-3-2-4-13(14)20-15(21)9-19-16(22)11-7-6-10(17)8-12(11)18/h2-8H,9H2,1H3,(H,19,22). The lowest BCUT2D eigenvalue weighted by Gasteiger charge is -2.06. The Morgan fingerprint density at radius 1 is 1.23 bits per heavy atom. The Balaban J connectivity index is 1.79. The van der Waals surface area contributed by atoms with Gasteiger partial charge in [-0.25, -0.2) is 13.8 Å². The number of hydrogen-bond donors (Lipinski definition) is 1. The van der Waals surface area contributed by atoms with E-state index in [2.05, 4.69) is 10.3 Å². The molecule has 3 aromatic rings. The summed E-state index contributed by atoms with van der Waals surface area (Å²) in [7, 11) is 1.84. The predicted octanol–water partition coefficient (Wildman–Crippen LogP) is 2.78. The van der Waals surface area contributed by atoms with Crippen LogP contribution in [-0.4, -0.2) is 15.5 Å². The maximum Gasteiger partial charge on any atom is 0.254 e. The summed E-state index contributed by atoms with van der Waals surface area (Å²) in [4.78, 5) is 16.4. The molecule has 0 radical (unpaired) electrons. The highest BCUT2D eigenvalue weighted by Gasteiger charge is 2.14. The second-order valence-corrected chi connectivity index (χ2v) is 4.88. The molecule has 0 unspecified atom stereocenters. The molecule has 22 heavy (non-hydrogen) atoms. The number of fused-ring (bicyclic) bond motifs is 1. The van der Waals surface area contributed by atoms with Gasteiger partial charge >= 0.3 is 0 Å². The summed E-state index contributed by atoms with van der Waals surface area (Å²) >= 11 is 0. The number of benzene rings is 2. The van der Waals surface area contributed by atoms with Crippen LogP contribution < -0.4 is 5.32 Å². The van der Waals surface area contributed by atoms with Gasteiger partial charge in [0.25, 0.3) is 5.91 Å². The molecule has 1 heterocycles. The van der Waals surface area contributed by atoms with Crippen LogP contribution in [0.2, 0.25) is 0 Å². The Morgan fingerprint density at radius 3 is 2.73 bits per heavy atom. The van der Waals surface area contributed by atoms with E-state index in [9.17, 15) is 13.6 Å². The molecule has 2 aromatic carbocycles. The van der Waals surface area contributed by atoms with E-state index in [1.165, 1.54) is 0 Å². The van der Waals surface area contributed by atoms with E-state index >= 15 is 0 Å². The highest BCUT2D eigenvalue weighted by molar-refractivity contribution is 5.94. The lowest BCUT2D eigenvalue weighted by atomic mass is 10.2. The number of carbonyl (C=O) groups is 1. The molecule has 6 heteroatoms. The molecule has 0 fully saturated rings. The number of amides is 1. The third-order valence-corrected chi connectivity index (χ3v) is 3.46. The van der Waals surface area contributed by atoms with Gasteiger partial charge < -0.3 is 9.88 Å². The van der Waals surface area contributed by atoms with E-state index in [1.54, 1.807) is 0 Å². The monoisotopic (exact) mass is 301 g/mol. The fourth-order valence-corrected chi connectivity index (χ4v) is 2.28. The Kier molecular flexibility index (Phi) is 3.58. The molecule has 0 saturated heterocycles. The summed E-state index contributed by atoms with van der Waals surface area (Å²) in [6.07, 6.45) is 0. The molecule has 1 N–H and O–H groups in total. The van der Waals surface area contributed by atoms with Crippen LogP contribution in [0.5, 0.6) is 0 Å². The third kappa shape index (κ3) is 2.55. The van der Waals surface area contributed by atoms with E-state index in [0.717, 1.165) is 23.2 Å². The second kappa shape index (κ2) is 5.55. The molecule has 112 valence electrons. The van der Waals surface area contributed by atoms with Crippen LogP contribution in [-0.2, 0) is 13.6 Å². The van der Waals surface area contributed by atoms with Crippen molar-refractivity contribution >= 4 is 16.9 Å². The predicted molar refractivity (Wildman–Crippen MR) is 78.2 cm³/mol. The number of aryl methyl sites for hydroxylation is 1. The molecular weight excluding hydrogens is 288 g/mol. The zero-order chi connectivity index (χ0) is 15.7. The van der Waals surface area contributed by atoms with Crippen molar-refractivity contribution < 1.29 is 13.6 Å². The average molecular weight is 301 g/mol. The van der Waals surface area contributed by atoms with Gasteiger partial charge in [-0.1, -0.05) is 12.1 Å². The summed E-state index contributed by atoms with van der Waals surface area (Å²) in [5.41, 5.74) is 1.57. The van der Waals surface area contributed by atoms with Gasteiger partial charge in [0.15, 0.2) is 0 Å². The molecule has 1 aromatic heterocycles. The zero-order valence-corrected chi connectivity index (χ0v) is 11.8. The number of nitrogens with zero attached hydrogens (tertiary/aromatic N) is 2. The van der Waals surface area contributed by atoms with Gasteiger partial charge in [-0.05, 0) is 24.3 Å². The van der Waals surface area contributed by atoms with Crippen molar-refractivity contribution in [2.75, 3.05) is 0 Å². The van der Waals surface area contributed by atoms with Crippen LogP contribution in [0.3, 0.4) is 0 Å². The van der Waals surface area contributed by atoms with Crippen LogP contribution in [0.15, 0.2) is 42.5 Å². The fraction of sp³-hybridized carbons (Fsp3) is 0.125. The second-order valence-electron chi connectivity index (χ2n) is 4.88. The number of imidazole rings is 1. The van der Waals surface area contributed by atoms with Gasteiger partial charge in [-0.2, -0.15) is 0 Å². The Hall–Kier alpha value is -2.76. The van der Waals surface area contributed by atoms with Crippen LogP contribution in [0.4, 0.5) is 8.78 Å². The summed E-state index contributed by atoms with van der Waals surface area (Å²) in [5.74, 6) is -1.56. The minimum absolute atomic E-state index is 0.154. The molecular formula is C16H13F2N3O. The zero-order valence-electron chi connectivity index (χ0n) is 11.8. The summed E-state index contributed by atoms with van der Waals surface area (Å²) in [6, 6.07) is 10.4. The van der Waals surface area contributed by atoms with Crippen LogP contribution in [0.1, 0.15) is 16.2 Å². The van der Waals surface area contributed by atoms with E-state index in [1.807, 2.05) is 35.9 Å². The van der Waals surface area contributed by atoms with Crippen molar-refractivity contribution in [3.63, 3.8) is 0 Å². The van der Waals surface area contributed by atoms with Crippen molar-refractivity contribution in [2.24, 2.45) is 7.05 Å². The molecule has 4 nitrogen and oxygen atoms in total. The molecule has 0 aliphatic rings. The number of nitrogens with one attached hydrogen (secondary N) is 1. The fourth-order valence-electron chi connectivity index (χ4n) is 2.28. The van der Waals surface area contributed by atoms with Crippen LogP contribution >= 0.6 is 0 Å². The van der Waals surface area contributed by atoms with Gasteiger partial charge in [0.1, 0.15) is 17.5 Å². The first-order valence-electron chi connectivity index (χ1n) is 6.70. The van der Waals surface area contributed by atoms with Crippen molar-refractivity contribution in [1.29, 1.82) is 0 Å². The number of rotatable bonds is 3. The van der Waals surface area contributed by atoms with Gasteiger partial charge in [-0.15, -0.1) is 0 Å². The van der Waals surface area contributed by atoms with Crippen LogP contribution in [0, 0.1) is 11.6 Å². The number of aromatic nitrogens is 2. The van der Waals surface area contributed by atoms with Gasteiger partial charge in [0, 0.05) is 13.1 Å². The van der Waals surface area contributed by atoms with Gasteiger partial charge in [-0.3, -0.25) is 4.79 Å². The number of hydrogen-bond acceptors (Lipinski definition) is 2. The Bertz CT molecular complexity index is 858. The molecule has 0 aliphatic heterocycles. The molecule has 0 bridgehead atoms. The summed E-state index contributed by atoms with van der Waals surface area (Å²) < 4.78 is 28.3. The molecule has 0 aliphatic carbocycles. The largest absolute Gasteiger partial charge is 0.345 e. The lowest BCUT2D eigenvalue weighted by Crippen LogP contribution is -2.25. The van der Waals surface area contributed by atoms with E-state index < -0.39 is 17.5 Å². The summed E-state index contributed by atoms with van der Waals surface area (Å²) in [6.45, 7) is 0.154. The van der Waals surface area contributed by atoms with E-state index in [4.69, 9.17) is 0 Å². The molecule has 3 rings (SSSR count). The average Bonchev–Trinajstić information content (AvgIpc) is 2.82. The van der Waals surface area contributed by atoms with Gasteiger partial charge in [0.2, 0.25) is 0 Å². The number of para-hydroxylation sites is 2. The lowest BCUT2D eigenvalue weighted by molar-refractivity contribution is 0.0945. The number of carbonyl (C=O) groups excluding carboxylic acids is 1. The quantitative estimate of drug-likeness (QED) is 0.808. The SMILES string of the molecule is Cn1c(CNC(=O)c2ccc(F)cc2F)nc2ccccc21. The first-order chi connectivity index (χ1) is 10.6. The van der Waals surface area contributed by atoms with Crippen LogP contribution in [0.25, 0.3) is 11.0 Å². The minimum atomic E-state index is -0.887. The first-order valence-corrected chi connectivity index (χ1v) is 6.70. The third-order valence-electron chi connectivity index (χ3n) is 3.46. The topological polar surface area (TPSA) is 46.9 Å². The summed E-state index contributed by atoms with van der Waals surface area (Å²) in [5, 5.41) is 2.59. The highest BCUT2D eigenvalue weighted by Crippen LogP contribution is 2.14. The Morgan fingerprint density at radius 2 is 2.00 bits per heavy atom. The van der Waals surface area contributed by atoms with E-state index in [0.29, 0.717) is 11.9 Å². The molecule has 0 atom stereocenters. The smallest absolute Gasteiger partial charge is 0.254 e. The van der Waals surface area contributed by atoms with E-state index in [-0.39, 0.29) is 12.1 Å². The van der Waals surface area contributed by atoms with Crippen molar-refractivity contribution in [3.8, 4) is 0 Å². The number of halogens is 2. The van der Waals surface area contributed by atoms with Crippen molar-refractivity contribution in [1.82, 2.24) is 14.9 Å². The molecule has 0 spiro atoms. The molecule has 1 amide bonds. The Labute approximate surface area is 125 Å². The minimum Gasteiger partial charge on any atom is -0.345 e. The first kappa shape index (κ1) is 14.2. The maximum absolute atomic E-state index is 13.6. The highest BCUT2D eigenvalue weighted by atomic mass is 19.1. The normalized spacial score (nSPS) is 10.9. The van der Waals surface area contributed by atoms with Gasteiger partial charge in [0.05, 0.1) is 23.1 Å². The van der Waals surface area contributed by atoms with Crippen molar-refractivity contribution in [2.45, 2.75) is 6.54 Å².